The number of hydrogen-bond acceptors (Lipinski definition) is 6. The molecule has 1 aliphatic heterocycles. The molecule has 1 fully saturated rings. The highest BCUT2D eigenvalue weighted by molar-refractivity contribution is 6.32. The molecular weight excluding hydrogens is 484 g/mol. The number of carbonyl (C=O) groups is 3. The monoisotopic (exact) mass is 516 g/mol. The van der Waals surface area contributed by atoms with Gasteiger partial charge in [0.15, 0.2) is 0 Å². The van der Waals surface area contributed by atoms with Crippen LogP contribution in [0.3, 0.4) is 0 Å². The summed E-state index contributed by atoms with van der Waals surface area (Å²) in [5, 5.41) is 3.13. The Morgan fingerprint density at radius 3 is 2.50 bits per heavy atom. The van der Waals surface area contributed by atoms with E-state index in [1.165, 1.54) is 12.0 Å². The van der Waals surface area contributed by atoms with E-state index in [1.807, 2.05) is 30.3 Å². The molecule has 194 valence electrons. The number of benzene rings is 2. The largest absolute Gasteiger partial charge is 0.495 e. The van der Waals surface area contributed by atoms with Crippen LogP contribution in [0.15, 0.2) is 48.5 Å². The number of esters is 1. The van der Waals surface area contributed by atoms with Crippen LogP contribution >= 0.6 is 11.6 Å². The molecule has 0 aliphatic carbocycles. The summed E-state index contributed by atoms with van der Waals surface area (Å²) in [6.45, 7) is 5.74. The van der Waals surface area contributed by atoms with E-state index in [1.54, 1.807) is 39.0 Å². The third-order valence-corrected chi connectivity index (χ3v) is 5.99. The minimum absolute atomic E-state index is 0.127. The number of rotatable bonds is 8. The second-order valence-electron chi connectivity index (χ2n) is 9.65. The third kappa shape index (κ3) is 7.62. The molecule has 1 saturated heterocycles. The first kappa shape index (κ1) is 27.3. The van der Waals surface area contributed by atoms with Gasteiger partial charge in [-0.05, 0) is 56.9 Å². The number of nitrogens with one attached hydrogen (secondary N) is 1. The van der Waals surface area contributed by atoms with Crippen LogP contribution in [-0.4, -0.2) is 54.2 Å². The lowest BCUT2D eigenvalue weighted by Gasteiger charge is -2.29. The van der Waals surface area contributed by atoms with Gasteiger partial charge in [0.05, 0.1) is 12.1 Å². The summed E-state index contributed by atoms with van der Waals surface area (Å²) in [5.74, 6) is -0.385. The van der Waals surface area contributed by atoms with E-state index >= 15 is 0 Å². The average Bonchev–Trinajstić information content (AvgIpc) is 3.32. The number of likely N-dealkylation sites (tertiary alicyclic amines) is 1. The molecule has 0 bridgehead atoms. The molecule has 1 aliphatic rings. The lowest BCUT2D eigenvalue weighted by molar-refractivity contribution is -0.155. The SMILES string of the molecule is COc1cc(C[C@H](NC(=O)OC(C)(C)C)C(=O)N2CCC[C@@H]2C(=O)OCc2ccccc2)ccc1Cl. The second-order valence-corrected chi connectivity index (χ2v) is 10.1. The third-order valence-electron chi connectivity index (χ3n) is 5.68. The lowest BCUT2D eigenvalue weighted by atomic mass is 10.0. The topological polar surface area (TPSA) is 94.2 Å². The van der Waals surface area contributed by atoms with Crippen LogP contribution < -0.4 is 10.1 Å². The molecule has 0 unspecified atom stereocenters. The van der Waals surface area contributed by atoms with Crippen LogP contribution in [-0.2, 0) is 32.1 Å². The summed E-state index contributed by atoms with van der Waals surface area (Å²) in [6.07, 6.45) is 0.593. The Bertz CT molecular complexity index is 1070. The van der Waals surface area contributed by atoms with Crippen LogP contribution in [0.1, 0.15) is 44.7 Å². The Morgan fingerprint density at radius 1 is 1.11 bits per heavy atom. The van der Waals surface area contributed by atoms with E-state index in [0.717, 1.165) is 11.1 Å². The summed E-state index contributed by atoms with van der Waals surface area (Å²) in [6, 6.07) is 12.8. The van der Waals surface area contributed by atoms with Gasteiger partial charge < -0.3 is 24.4 Å². The zero-order chi connectivity index (χ0) is 26.3. The highest BCUT2D eigenvalue weighted by Crippen LogP contribution is 2.27. The number of ether oxygens (including phenoxy) is 3. The number of methoxy groups -OCH3 is 1. The van der Waals surface area contributed by atoms with Crippen LogP contribution in [0.5, 0.6) is 5.75 Å². The molecule has 1 heterocycles. The Kier molecular flexibility index (Phi) is 9.20. The minimum atomic E-state index is -0.965. The summed E-state index contributed by atoms with van der Waals surface area (Å²) < 4.78 is 16.2. The maximum absolute atomic E-state index is 13.7. The highest BCUT2D eigenvalue weighted by Gasteiger charge is 2.39. The zero-order valence-electron chi connectivity index (χ0n) is 21.1. The van der Waals surface area contributed by atoms with Crippen molar-refractivity contribution in [2.75, 3.05) is 13.7 Å². The first-order valence-corrected chi connectivity index (χ1v) is 12.3. The van der Waals surface area contributed by atoms with Crippen molar-refractivity contribution < 1.29 is 28.6 Å². The smallest absolute Gasteiger partial charge is 0.408 e. The Balaban J connectivity index is 1.77. The van der Waals surface area contributed by atoms with E-state index < -0.39 is 29.7 Å². The normalized spacial score (nSPS) is 16.2. The van der Waals surface area contributed by atoms with Crippen molar-refractivity contribution in [1.29, 1.82) is 0 Å². The van der Waals surface area contributed by atoms with Gasteiger partial charge in [-0.15, -0.1) is 0 Å². The van der Waals surface area contributed by atoms with Gasteiger partial charge in [-0.25, -0.2) is 9.59 Å². The summed E-state index contributed by atoms with van der Waals surface area (Å²) in [7, 11) is 1.50. The summed E-state index contributed by atoms with van der Waals surface area (Å²) in [5.41, 5.74) is 0.856. The predicted octanol–water partition coefficient (Wildman–Crippen LogP) is 4.52. The molecule has 2 aromatic carbocycles. The van der Waals surface area contributed by atoms with Crippen molar-refractivity contribution in [3.8, 4) is 5.75 Å². The number of carbonyl (C=O) groups excluding carboxylic acids is 3. The van der Waals surface area contributed by atoms with Crippen molar-refractivity contribution in [2.45, 2.75) is 64.3 Å². The molecule has 3 rings (SSSR count). The molecular formula is C27H33ClN2O6. The maximum atomic E-state index is 13.7. The predicted molar refractivity (Wildman–Crippen MR) is 136 cm³/mol. The second kappa shape index (κ2) is 12.1. The van der Waals surface area contributed by atoms with Crippen molar-refractivity contribution in [3.63, 3.8) is 0 Å². The van der Waals surface area contributed by atoms with Gasteiger partial charge in [0.25, 0.3) is 0 Å². The molecule has 8 nitrogen and oxygen atoms in total. The number of alkyl carbamates (subject to hydrolysis) is 1. The molecule has 2 amide bonds. The maximum Gasteiger partial charge on any atom is 0.408 e. The zero-order valence-corrected chi connectivity index (χ0v) is 21.8. The average molecular weight is 517 g/mol. The number of halogens is 1. The molecule has 36 heavy (non-hydrogen) atoms. The van der Waals surface area contributed by atoms with Crippen molar-refractivity contribution in [3.05, 3.63) is 64.7 Å². The van der Waals surface area contributed by atoms with Crippen molar-refractivity contribution in [1.82, 2.24) is 10.2 Å². The van der Waals surface area contributed by atoms with E-state index in [0.29, 0.717) is 30.2 Å². The molecule has 2 aromatic rings. The Morgan fingerprint density at radius 2 is 1.83 bits per heavy atom. The van der Waals surface area contributed by atoms with Gasteiger partial charge in [0.2, 0.25) is 5.91 Å². The quantitative estimate of drug-likeness (QED) is 0.518. The fraction of sp³-hybridized carbons (Fsp3) is 0.444. The first-order chi connectivity index (χ1) is 17.1. The molecule has 9 heteroatoms. The van der Waals surface area contributed by atoms with Crippen molar-refractivity contribution in [2.24, 2.45) is 0 Å². The Hall–Kier alpha value is -3.26. The van der Waals surface area contributed by atoms with E-state index in [2.05, 4.69) is 5.32 Å². The summed E-state index contributed by atoms with van der Waals surface area (Å²) >= 11 is 6.14. The van der Waals surface area contributed by atoms with Crippen LogP contribution in [0.4, 0.5) is 4.79 Å². The van der Waals surface area contributed by atoms with Crippen LogP contribution in [0, 0.1) is 0 Å². The number of hydrogen-bond donors (Lipinski definition) is 1. The molecule has 0 aromatic heterocycles. The standard InChI is InChI=1S/C27H33ClN2O6/c1-27(2,3)36-26(33)29-21(15-19-12-13-20(28)23(16-19)34-4)24(31)30-14-8-11-22(30)25(32)35-17-18-9-6-5-7-10-18/h5-7,9-10,12-13,16,21-22H,8,11,14-15,17H2,1-4H3,(H,29,33)/t21-,22+/m0/s1. The van der Waals surface area contributed by atoms with E-state index in [-0.39, 0.29) is 18.9 Å². The van der Waals surface area contributed by atoms with Gasteiger partial charge in [-0.2, -0.15) is 0 Å². The number of amides is 2. The van der Waals surface area contributed by atoms with E-state index in [4.69, 9.17) is 25.8 Å². The van der Waals surface area contributed by atoms with Gasteiger partial charge >= 0.3 is 12.1 Å². The van der Waals surface area contributed by atoms with Crippen LogP contribution in [0.25, 0.3) is 0 Å². The van der Waals surface area contributed by atoms with Gasteiger partial charge in [0.1, 0.15) is 30.0 Å². The van der Waals surface area contributed by atoms with Crippen molar-refractivity contribution >= 4 is 29.6 Å². The molecule has 0 spiro atoms. The minimum Gasteiger partial charge on any atom is -0.495 e. The van der Waals surface area contributed by atoms with Gasteiger partial charge in [0, 0.05) is 13.0 Å². The Labute approximate surface area is 216 Å². The highest BCUT2D eigenvalue weighted by atomic mass is 35.5. The molecule has 0 saturated carbocycles. The van der Waals surface area contributed by atoms with Gasteiger partial charge in [-0.3, -0.25) is 4.79 Å². The fourth-order valence-electron chi connectivity index (χ4n) is 4.02. The van der Waals surface area contributed by atoms with Gasteiger partial charge in [-0.1, -0.05) is 48.0 Å². The number of nitrogens with zero attached hydrogens (tertiary/aromatic N) is 1. The fourth-order valence-corrected chi connectivity index (χ4v) is 4.21. The molecule has 2 atom stereocenters. The summed E-state index contributed by atoms with van der Waals surface area (Å²) in [4.78, 5) is 40.6. The van der Waals surface area contributed by atoms with Crippen LogP contribution in [0.2, 0.25) is 5.02 Å². The van der Waals surface area contributed by atoms with E-state index in [9.17, 15) is 14.4 Å². The first-order valence-electron chi connectivity index (χ1n) is 11.9. The molecule has 1 N–H and O–H groups in total. The lowest BCUT2D eigenvalue weighted by Crippen LogP contribution is -2.53. The molecule has 0 radical (unpaired) electrons.